The minimum absolute atomic E-state index is 0.558. The van der Waals surface area contributed by atoms with Gasteiger partial charge in [-0.15, -0.1) is 6.58 Å². The molecule has 50 valence electrons. The Balaban J connectivity index is 3.08. The molecular weight excluding hydrogens is 114 g/mol. The third kappa shape index (κ3) is 5.05. The predicted molar refractivity (Wildman–Crippen MR) is 35.7 cm³/mol. The topological polar surface area (TPSA) is 44.0 Å². The molecular formula is C7H11NO. The summed E-state index contributed by atoms with van der Waals surface area (Å²) in [5, 5.41) is 16.8. The summed E-state index contributed by atoms with van der Waals surface area (Å²) in [6.07, 6.45) is 3.27. The SMILES string of the molecule is C=CCCC[C@@H](O)C#N. The van der Waals surface area contributed by atoms with Crippen molar-refractivity contribution >= 4 is 0 Å². The first-order chi connectivity index (χ1) is 4.31. The van der Waals surface area contributed by atoms with E-state index >= 15 is 0 Å². The standard InChI is InChI=1S/C7H11NO/c1-2-3-4-5-7(9)6-8/h2,7,9H,1,3-5H2/t7-/m1/s1. The van der Waals surface area contributed by atoms with Crippen LogP contribution in [0.1, 0.15) is 19.3 Å². The van der Waals surface area contributed by atoms with Crippen molar-refractivity contribution in [2.24, 2.45) is 0 Å². The molecule has 0 fully saturated rings. The second-order valence-corrected chi connectivity index (χ2v) is 1.86. The summed E-state index contributed by atoms with van der Waals surface area (Å²) in [6.45, 7) is 3.52. The van der Waals surface area contributed by atoms with E-state index < -0.39 is 6.10 Å². The molecule has 2 nitrogen and oxygen atoms in total. The van der Waals surface area contributed by atoms with Gasteiger partial charge < -0.3 is 5.11 Å². The highest BCUT2D eigenvalue weighted by atomic mass is 16.3. The smallest absolute Gasteiger partial charge is 0.140 e. The summed E-state index contributed by atoms with van der Waals surface area (Å²) in [7, 11) is 0. The zero-order valence-electron chi connectivity index (χ0n) is 5.38. The summed E-state index contributed by atoms with van der Waals surface area (Å²) in [6, 6.07) is 1.75. The Labute approximate surface area is 55.4 Å². The van der Waals surface area contributed by atoms with Crippen LogP contribution in [0, 0.1) is 11.3 Å². The number of aliphatic hydroxyl groups excluding tert-OH is 1. The van der Waals surface area contributed by atoms with Crippen LogP contribution in [0.3, 0.4) is 0 Å². The number of nitrogens with zero attached hydrogens (tertiary/aromatic N) is 1. The number of hydrogen-bond donors (Lipinski definition) is 1. The Bertz CT molecular complexity index is 115. The first-order valence-electron chi connectivity index (χ1n) is 3.00. The van der Waals surface area contributed by atoms with Gasteiger partial charge in [-0.3, -0.25) is 0 Å². The molecule has 1 atom stereocenters. The highest BCUT2D eigenvalue weighted by Crippen LogP contribution is 1.99. The fraction of sp³-hybridized carbons (Fsp3) is 0.571. The van der Waals surface area contributed by atoms with Gasteiger partial charge in [-0.25, -0.2) is 0 Å². The molecule has 0 heterocycles. The number of aliphatic hydroxyl groups is 1. The van der Waals surface area contributed by atoms with Crippen LogP contribution in [0.2, 0.25) is 0 Å². The molecule has 0 aliphatic carbocycles. The molecule has 0 aromatic carbocycles. The van der Waals surface area contributed by atoms with Crippen molar-refractivity contribution in [1.82, 2.24) is 0 Å². The minimum Gasteiger partial charge on any atom is -0.378 e. The van der Waals surface area contributed by atoms with E-state index in [4.69, 9.17) is 10.4 Å². The Kier molecular flexibility index (Phi) is 4.85. The quantitative estimate of drug-likeness (QED) is 0.349. The summed E-state index contributed by atoms with van der Waals surface area (Å²) in [5.74, 6) is 0. The number of hydrogen-bond acceptors (Lipinski definition) is 2. The van der Waals surface area contributed by atoms with Crippen molar-refractivity contribution in [3.8, 4) is 6.07 Å². The lowest BCUT2D eigenvalue weighted by molar-refractivity contribution is 0.217. The van der Waals surface area contributed by atoms with Gasteiger partial charge in [-0.1, -0.05) is 6.08 Å². The van der Waals surface area contributed by atoms with Crippen molar-refractivity contribution in [2.45, 2.75) is 25.4 Å². The van der Waals surface area contributed by atoms with Gasteiger partial charge in [0, 0.05) is 0 Å². The maximum Gasteiger partial charge on any atom is 0.140 e. The molecule has 0 spiro atoms. The normalized spacial score (nSPS) is 12.0. The van der Waals surface area contributed by atoms with Crippen molar-refractivity contribution in [3.63, 3.8) is 0 Å². The van der Waals surface area contributed by atoms with Crippen molar-refractivity contribution in [3.05, 3.63) is 12.7 Å². The monoisotopic (exact) mass is 125 g/mol. The van der Waals surface area contributed by atoms with Crippen LogP contribution in [-0.2, 0) is 0 Å². The minimum atomic E-state index is -0.787. The van der Waals surface area contributed by atoms with E-state index in [2.05, 4.69) is 6.58 Å². The Morgan fingerprint density at radius 2 is 2.44 bits per heavy atom. The number of allylic oxidation sites excluding steroid dienone is 1. The lowest BCUT2D eigenvalue weighted by atomic mass is 10.2. The molecule has 0 aromatic rings. The summed E-state index contributed by atoms with van der Waals surface area (Å²) in [5.41, 5.74) is 0. The van der Waals surface area contributed by atoms with E-state index in [-0.39, 0.29) is 0 Å². The summed E-state index contributed by atoms with van der Waals surface area (Å²) >= 11 is 0. The van der Waals surface area contributed by atoms with Crippen molar-refractivity contribution in [1.29, 1.82) is 5.26 Å². The maximum atomic E-state index is 8.69. The van der Waals surface area contributed by atoms with Crippen LogP contribution in [-0.4, -0.2) is 11.2 Å². The molecule has 0 saturated heterocycles. The molecule has 0 radical (unpaired) electrons. The van der Waals surface area contributed by atoms with E-state index in [1.54, 1.807) is 12.1 Å². The van der Waals surface area contributed by atoms with Gasteiger partial charge in [-0.2, -0.15) is 5.26 Å². The number of rotatable bonds is 4. The first-order valence-corrected chi connectivity index (χ1v) is 3.00. The van der Waals surface area contributed by atoms with Gasteiger partial charge in [0.05, 0.1) is 6.07 Å². The lowest BCUT2D eigenvalue weighted by Gasteiger charge is -1.96. The molecule has 0 amide bonds. The maximum absolute atomic E-state index is 8.69. The molecule has 2 heteroatoms. The molecule has 1 N–H and O–H groups in total. The molecule has 9 heavy (non-hydrogen) atoms. The van der Waals surface area contributed by atoms with E-state index in [0.29, 0.717) is 6.42 Å². The van der Waals surface area contributed by atoms with E-state index in [1.807, 2.05) is 0 Å². The van der Waals surface area contributed by atoms with Gasteiger partial charge in [0.15, 0.2) is 0 Å². The molecule has 0 unspecified atom stereocenters. The van der Waals surface area contributed by atoms with Crippen LogP contribution in [0.15, 0.2) is 12.7 Å². The van der Waals surface area contributed by atoms with Crippen molar-refractivity contribution in [2.75, 3.05) is 0 Å². The van der Waals surface area contributed by atoms with Crippen LogP contribution in [0.25, 0.3) is 0 Å². The number of nitriles is 1. The fourth-order valence-corrected chi connectivity index (χ4v) is 0.520. The second-order valence-electron chi connectivity index (χ2n) is 1.86. The van der Waals surface area contributed by atoms with Gasteiger partial charge in [0.25, 0.3) is 0 Å². The van der Waals surface area contributed by atoms with Gasteiger partial charge in [0.1, 0.15) is 6.10 Å². The van der Waals surface area contributed by atoms with E-state index in [0.717, 1.165) is 12.8 Å². The molecule has 0 aliphatic rings. The zero-order valence-corrected chi connectivity index (χ0v) is 5.38. The van der Waals surface area contributed by atoms with Gasteiger partial charge in [-0.05, 0) is 19.3 Å². The molecule has 0 aromatic heterocycles. The average molecular weight is 125 g/mol. The Morgan fingerprint density at radius 1 is 1.78 bits per heavy atom. The fourth-order valence-electron chi connectivity index (χ4n) is 0.520. The van der Waals surface area contributed by atoms with Crippen LogP contribution < -0.4 is 0 Å². The largest absolute Gasteiger partial charge is 0.378 e. The molecule has 0 rings (SSSR count). The van der Waals surface area contributed by atoms with Gasteiger partial charge >= 0.3 is 0 Å². The zero-order chi connectivity index (χ0) is 7.11. The Morgan fingerprint density at radius 3 is 2.89 bits per heavy atom. The molecule has 0 aliphatic heterocycles. The molecule has 0 bridgehead atoms. The van der Waals surface area contributed by atoms with Gasteiger partial charge in [0.2, 0.25) is 0 Å². The van der Waals surface area contributed by atoms with E-state index in [1.165, 1.54) is 0 Å². The third-order valence-electron chi connectivity index (χ3n) is 1.03. The highest BCUT2D eigenvalue weighted by molar-refractivity contribution is 4.82. The third-order valence-corrected chi connectivity index (χ3v) is 1.03. The van der Waals surface area contributed by atoms with Crippen molar-refractivity contribution < 1.29 is 5.11 Å². The van der Waals surface area contributed by atoms with Crippen LogP contribution in [0.5, 0.6) is 0 Å². The first kappa shape index (κ1) is 8.19. The summed E-state index contributed by atoms with van der Waals surface area (Å²) < 4.78 is 0. The highest BCUT2D eigenvalue weighted by Gasteiger charge is 1.97. The molecule has 0 saturated carbocycles. The average Bonchev–Trinajstić information content (AvgIpc) is 1.89. The predicted octanol–water partition coefficient (Wildman–Crippen LogP) is 1.23. The van der Waals surface area contributed by atoms with E-state index in [9.17, 15) is 0 Å². The van der Waals surface area contributed by atoms with Crippen LogP contribution in [0.4, 0.5) is 0 Å². The number of unbranched alkanes of at least 4 members (excludes halogenated alkanes) is 1. The lowest BCUT2D eigenvalue weighted by Crippen LogP contribution is -2.00. The Hall–Kier alpha value is -0.810. The summed E-state index contributed by atoms with van der Waals surface area (Å²) in [4.78, 5) is 0. The second kappa shape index (κ2) is 5.33. The van der Waals surface area contributed by atoms with Crippen LogP contribution >= 0.6 is 0 Å².